The van der Waals surface area contributed by atoms with Crippen LogP contribution in [0.1, 0.15) is 18.2 Å². The quantitative estimate of drug-likeness (QED) is 0.487. The van der Waals surface area contributed by atoms with Crippen LogP contribution in [0.4, 0.5) is 0 Å². The molecule has 0 aliphatic heterocycles. The monoisotopic (exact) mass is 405 g/mol. The van der Waals surface area contributed by atoms with Crippen LogP contribution < -0.4 is 15.2 Å². The zero-order valence-corrected chi connectivity index (χ0v) is 17.8. The molecule has 1 unspecified atom stereocenters. The third kappa shape index (κ3) is 3.94. The van der Waals surface area contributed by atoms with Gasteiger partial charge in [0.1, 0.15) is 11.5 Å². The highest BCUT2D eigenvalue weighted by Crippen LogP contribution is 2.30. The standard InChI is InChI=1S/C23H27N5O2/c1-28(2)10-9-18(24)22-17-13-16(30-4)6-8-20(17)26-23(27-22)21-12-14-11-15(29-3)5-7-19(14)25-21/h5-8,11-13,18,25H,9-10,24H2,1-4H3. The third-order valence-electron chi connectivity index (χ3n) is 5.24. The summed E-state index contributed by atoms with van der Waals surface area (Å²) in [4.78, 5) is 15.2. The van der Waals surface area contributed by atoms with Crippen LogP contribution in [0.25, 0.3) is 33.3 Å². The van der Waals surface area contributed by atoms with E-state index < -0.39 is 0 Å². The van der Waals surface area contributed by atoms with Gasteiger partial charge in [-0.1, -0.05) is 0 Å². The fourth-order valence-corrected chi connectivity index (χ4v) is 3.55. The second-order valence-electron chi connectivity index (χ2n) is 7.65. The Morgan fingerprint density at radius 3 is 2.47 bits per heavy atom. The van der Waals surface area contributed by atoms with E-state index in [-0.39, 0.29) is 6.04 Å². The van der Waals surface area contributed by atoms with Crippen molar-refractivity contribution < 1.29 is 9.47 Å². The summed E-state index contributed by atoms with van der Waals surface area (Å²) in [5.74, 6) is 2.20. The first-order valence-electron chi connectivity index (χ1n) is 9.91. The molecule has 2 heterocycles. The van der Waals surface area contributed by atoms with Crippen molar-refractivity contribution in [2.45, 2.75) is 12.5 Å². The molecule has 1 atom stereocenters. The normalized spacial score (nSPS) is 12.6. The number of ether oxygens (including phenoxy) is 2. The predicted molar refractivity (Wildman–Crippen MR) is 120 cm³/mol. The van der Waals surface area contributed by atoms with E-state index in [1.165, 1.54) is 0 Å². The Labute approximate surface area is 175 Å². The van der Waals surface area contributed by atoms with Gasteiger partial charge < -0.3 is 25.1 Å². The van der Waals surface area contributed by atoms with Crippen LogP contribution in [0, 0.1) is 0 Å². The fraction of sp³-hybridized carbons (Fsp3) is 0.304. The number of hydrogen-bond donors (Lipinski definition) is 2. The highest BCUT2D eigenvalue weighted by atomic mass is 16.5. The molecule has 156 valence electrons. The Bertz CT molecular complexity index is 1190. The molecule has 4 rings (SSSR count). The number of benzene rings is 2. The van der Waals surface area contributed by atoms with Crippen molar-refractivity contribution in [3.8, 4) is 23.0 Å². The van der Waals surface area contributed by atoms with E-state index in [1.54, 1.807) is 14.2 Å². The summed E-state index contributed by atoms with van der Waals surface area (Å²) in [5, 5.41) is 1.96. The van der Waals surface area contributed by atoms with E-state index in [2.05, 4.69) is 9.88 Å². The van der Waals surface area contributed by atoms with Crippen LogP contribution in [0.5, 0.6) is 11.5 Å². The number of nitrogens with two attached hydrogens (primary N) is 1. The minimum absolute atomic E-state index is 0.215. The first kappa shape index (κ1) is 20.1. The molecule has 0 fully saturated rings. The van der Waals surface area contributed by atoms with Crippen LogP contribution in [-0.4, -0.2) is 54.7 Å². The molecule has 30 heavy (non-hydrogen) atoms. The Morgan fingerprint density at radius 2 is 1.73 bits per heavy atom. The Kier molecular flexibility index (Phi) is 5.57. The molecule has 0 saturated carbocycles. The average Bonchev–Trinajstić information content (AvgIpc) is 3.19. The minimum Gasteiger partial charge on any atom is -0.497 e. The van der Waals surface area contributed by atoms with Crippen LogP contribution in [0.3, 0.4) is 0 Å². The summed E-state index contributed by atoms with van der Waals surface area (Å²) >= 11 is 0. The van der Waals surface area contributed by atoms with Crippen LogP contribution >= 0.6 is 0 Å². The SMILES string of the molecule is COc1ccc2[nH]c(-c3nc(C(N)CCN(C)C)c4cc(OC)ccc4n3)cc2c1. The molecule has 0 bridgehead atoms. The van der Waals surface area contributed by atoms with Crippen LogP contribution in [0.2, 0.25) is 0 Å². The third-order valence-corrected chi connectivity index (χ3v) is 5.24. The minimum atomic E-state index is -0.215. The first-order chi connectivity index (χ1) is 14.5. The van der Waals surface area contributed by atoms with Gasteiger partial charge in [-0.3, -0.25) is 0 Å². The van der Waals surface area contributed by atoms with E-state index in [4.69, 9.17) is 25.2 Å². The molecule has 0 saturated heterocycles. The summed E-state index contributed by atoms with van der Waals surface area (Å²) in [6.07, 6.45) is 0.791. The zero-order valence-electron chi connectivity index (χ0n) is 17.8. The molecule has 2 aromatic carbocycles. The smallest absolute Gasteiger partial charge is 0.176 e. The molecular formula is C23H27N5O2. The number of methoxy groups -OCH3 is 2. The molecule has 2 aromatic heterocycles. The lowest BCUT2D eigenvalue weighted by Crippen LogP contribution is -2.21. The van der Waals surface area contributed by atoms with E-state index >= 15 is 0 Å². The largest absolute Gasteiger partial charge is 0.497 e. The summed E-state index contributed by atoms with van der Waals surface area (Å²) in [6.45, 7) is 0.873. The number of nitrogens with zero attached hydrogens (tertiary/aromatic N) is 3. The first-order valence-corrected chi connectivity index (χ1v) is 9.91. The summed E-state index contributed by atoms with van der Waals surface area (Å²) in [7, 11) is 7.40. The van der Waals surface area contributed by atoms with Crippen molar-refractivity contribution in [2.24, 2.45) is 5.73 Å². The number of aromatic amines is 1. The second kappa shape index (κ2) is 8.30. The second-order valence-corrected chi connectivity index (χ2v) is 7.65. The van der Waals surface area contributed by atoms with Gasteiger partial charge in [0.15, 0.2) is 5.82 Å². The lowest BCUT2D eigenvalue weighted by Gasteiger charge is -2.17. The zero-order chi connectivity index (χ0) is 21.3. The van der Waals surface area contributed by atoms with Gasteiger partial charge in [-0.25, -0.2) is 9.97 Å². The van der Waals surface area contributed by atoms with E-state index in [1.807, 2.05) is 56.6 Å². The molecule has 0 aliphatic rings. The summed E-state index contributed by atoms with van der Waals surface area (Å²) in [6, 6.07) is 13.6. The van der Waals surface area contributed by atoms with Crippen molar-refractivity contribution in [1.29, 1.82) is 0 Å². The van der Waals surface area contributed by atoms with Gasteiger partial charge in [-0.05, 0) is 69.5 Å². The number of hydrogen-bond acceptors (Lipinski definition) is 6. The predicted octanol–water partition coefficient (Wildman–Crippen LogP) is 3.75. The maximum absolute atomic E-state index is 6.58. The maximum Gasteiger partial charge on any atom is 0.176 e. The molecule has 4 aromatic rings. The average molecular weight is 406 g/mol. The van der Waals surface area contributed by atoms with Gasteiger partial charge in [0.2, 0.25) is 0 Å². The molecule has 0 radical (unpaired) electrons. The van der Waals surface area contributed by atoms with E-state index in [9.17, 15) is 0 Å². The summed E-state index contributed by atoms with van der Waals surface area (Å²) < 4.78 is 10.7. The van der Waals surface area contributed by atoms with Crippen molar-refractivity contribution in [3.63, 3.8) is 0 Å². The van der Waals surface area contributed by atoms with Gasteiger partial charge >= 0.3 is 0 Å². The van der Waals surface area contributed by atoms with Crippen molar-refractivity contribution in [3.05, 3.63) is 48.2 Å². The van der Waals surface area contributed by atoms with Gasteiger partial charge in [-0.2, -0.15) is 0 Å². The number of aromatic nitrogens is 3. The summed E-state index contributed by atoms with van der Waals surface area (Å²) in [5.41, 5.74) is 10.1. The highest BCUT2D eigenvalue weighted by molar-refractivity contribution is 5.88. The van der Waals surface area contributed by atoms with Gasteiger partial charge in [0.05, 0.1) is 31.1 Å². The van der Waals surface area contributed by atoms with Crippen molar-refractivity contribution in [1.82, 2.24) is 19.9 Å². The van der Waals surface area contributed by atoms with Crippen molar-refractivity contribution >= 4 is 21.8 Å². The number of fused-ring (bicyclic) bond motifs is 2. The van der Waals surface area contributed by atoms with Gasteiger partial charge in [0, 0.05) is 22.3 Å². The number of nitrogens with one attached hydrogen (secondary N) is 1. The highest BCUT2D eigenvalue weighted by Gasteiger charge is 2.17. The molecule has 7 heteroatoms. The van der Waals surface area contributed by atoms with Crippen LogP contribution in [0.15, 0.2) is 42.5 Å². The molecule has 7 nitrogen and oxygen atoms in total. The van der Waals surface area contributed by atoms with Crippen LogP contribution in [-0.2, 0) is 0 Å². The molecule has 0 amide bonds. The molecule has 0 aliphatic carbocycles. The van der Waals surface area contributed by atoms with Crippen molar-refractivity contribution in [2.75, 3.05) is 34.9 Å². The molecule has 3 N–H and O–H groups in total. The Hall–Kier alpha value is -3.16. The Balaban J connectivity index is 1.84. The molecular weight excluding hydrogens is 378 g/mol. The lowest BCUT2D eigenvalue weighted by atomic mass is 10.0. The maximum atomic E-state index is 6.58. The Morgan fingerprint density at radius 1 is 1.00 bits per heavy atom. The number of rotatable bonds is 7. The van der Waals surface area contributed by atoms with E-state index in [0.717, 1.165) is 57.7 Å². The van der Waals surface area contributed by atoms with E-state index in [0.29, 0.717) is 5.82 Å². The van der Waals surface area contributed by atoms with Gasteiger partial charge in [-0.15, -0.1) is 0 Å². The van der Waals surface area contributed by atoms with Gasteiger partial charge in [0.25, 0.3) is 0 Å². The number of H-pyrrole nitrogens is 1. The lowest BCUT2D eigenvalue weighted by molar-refractivity contribution is 0.381. The fourth-order valence-electron chi connectivity index (χ4n) is 3.55. The molecule has 0 spiro atoms. The topological polar surface area (TPSA) is 89.3 Å².